The smallest absolute Gasteiger partial charge is 0.216 e. The zero-order valence-corrected chi connectivity index (χ0v) is 16.3. The molecule has 0 aliphatic carbocycles. The predicted octanol–water partition coefficient (Wildman–Crippen LogP) is 7.53. The number of fused-ring (bicyclic) bond motifs is 6. The highest BCUT2D eigenvalue weighted by Crippen LogP contribution is 2.44. The Morgan fingerprint density at radius 2 is 1.30 bits per heavy atom. The van der Waals surface area contributed by atoms with E-state index in [4.69, 9.17) is 11.6 Å². The highest BCUT2D eigenvalue weighted by molar-refractivity contribution is 7.27. The first kappa shape index (κ1) is 15.5. The molecule has 0 spiro atoms. The molecule has 0 amide bonds. The van der Waals surface area contributed by atoms with Crippen LogP contribution >= 0.6 is 34.3 Å². The third-order valence-electron chi connectivity index (χ3n) is 4.85. The lowest BCUT2D eigenvalue weighted by atomic mass is 10.1. The van der Waals surface area contributed by atoms with Gasteiger partial charge in [-0.1, -0.05) is 54.6 Å². The van der Waals surface area contributed by atoms with Gasteiger partial charge in [0.1, 0.15) is 0 Å². The highest BCUT2D eigenvalue weighted by atomic mass is 35.5. The van der Waals surface area contributed by atoms with E-state index in [1.807, 2.05) is 6.07 Å². The van der Waals surface area contributed by atoms with Gasteiger partial charge in [0.25, 0.3) is 0 Å². The van der Waals surface area contributed by atoms with Crippen LogP contribution in [0.4, 0.5) is 0 Å². The molecule has 0 fully saturated rings. The molecule has 0 aliphatic rings. The third-order valence-corrected chi connectivity index (χ3v) is 7.41. The van der Waals surface area contributed by atoms with Crippen LogP contribution in [0.3, 0.4) is 0 Å². The van der Waals surface area contributed by atoms with Gasteiger partial charge in [0.2, 0.25) is 5.28 Å². The summed E-state index contributed by atoms with van der Waals surface area (Å²) in [5.74, 6) is 0. The first-order chi connectivity index (χ1) is 13.3. The van der Waals surface area contributed by atoms with Crippen molar-refractivity contribution in [1.82, 2.24) is 9.97 Å². The summed E-state index contributed by atoms with van der Waals surface area (Å²) in [5.41, 5.74) is 2.97. The first-order valence-corrected chi connectivity index (χ1v) is 10.6. The summed E-state index contributed by atoms with van der Waals surface area (Å²) in [6.45, 7) is 0. The Hall–Kier alpha value is -2.53. The molecular weight excluding hydrogens is 392 g/mol. The summed E-state index contributed by atoms with van der Waals surface area (Å²) in [6, 6.07) is 23.3. The van der Waals surface area contributed by atoms with Gasteiger partial charge < -0.3 is 0 Å². The number of thiophene rings is 2. The molecule has 0 bridgehead atoms. The van der Waals surface area contributed by atoms with Crippen molar-refractivity contribution in [1.29, 1.82) is 0 Å². The summed E-state index contributed by atoms with van der Waals surface area (Å²) in [7, 11) is 0. The van der Waals surface area contributed by atoms with Gasteiger partial charge in [-0.2, -0.15) is 0 Å². The largest absolute Gasteiger partial charge is 0.223 e. The minimum atomic E-state index is 0.291. The summed E-state index contributed by atoms with van der Waals surface area (Å²) < 4.78 is 4.82. The van der Waals surface area contributed by atoms with Crippen LogP contribution < -0.4 is 0 Å². The minimum absolute atomic E-state index is 0.291. The zero-order valence-electron chi connectivity index (χ0n) is 13.9. The standard InChI is InChI=1S/C22H11ClN2S2/c23-22-24-18-14-7-2-4-11-17(14)27-21(18)19(25-22)15-9-5-8-13-12-6-1-3-10-16(12)26-20(13)15/h1-11H. The molecule has 0 aliphatic heterocycles. The van der Waals surface area contributed by atoms with Gasteiger partial charge in [0.15, 0.2) is 0 Å². The van der Waals surface area contributed by atoms with Crippen LogP contribution in [0, 0.1) is 0 Å². The van der Waals surface area contributed by atoms with Crippen LogP contribution in [0.25, 0.3) is 51.7 Å². The summed E-state index contributed by atoms with van der Waals surface area (Å²) >= 11 is 9.88. The fraction of sp³-hybridized carbons (Fsp3) is 0. The van der Waals surface area contributed by atoms with Gasteiger partial charge in [0.05, 0.1) is 15.9 Å². The van der Waals surface area contributed by atoms with Crippen LogP contribution in [-0.2, 0) is 0 Å². The van der Waals surface area contributed by atoms with E-state index in [1.165, 1.54) is 24.9 Å². The van der Waals surface area contributed by atoms with Crippen LogP contribution in [0.5, 0.6) is 0 Å². The number of nitrogens with zero attached hydrogens (tertiary/aromatic N) is 2. The monoisotopic (exact) mass is 402 g/mol. The van der Waals surface area contributed by atoms with Gasteiger partial charge in [-0.05, 0) is 23.7 Å². The van der Waals surface area contributed by atoms with Crippen molar-refractivity contribution in [3.05, 3.63) is 72.0 Å². The summed E-state index contributed by atoms with van der Waals surface area (Å²) in [5, 5.41) is 3.97. The minimum Gasteiger partial charge on any atom is -0.216 e. The van der Waals surface area contributed by atoms with Gasteiger partial charge >= 0.3 is 0 Å². The second-order valence-electron chi connectivity index (χ2n) is 6.40. The Labute approximate surface area is 167 Å². The molecule has 0 saturated carbocycles. The molecule has 0 radical (unpaired) electrons. The van der Waals surface area contributed by atoms with Crippen LogP contribution in [-0.4, -0.2) is 9.97 Å². The number of hydrogen-bond acceptors (Lipinski definition) is 4. The van der Waals surface area contributed by atoms with Crippen molar-refractivity contribution >= 4 is 74.7 Å². The van der Waals surface area contributed by atoms with Gasteiger partial charge in [-0.15, -0.1) is 22.7 Å². The maximum absolute atomic E-state index is 6.35. The molecule has 0 N–H and O–H groups in total. The normalized spacial score (nSPS) is 11.9. The zero-order chi connectivity index (χ0) is 18.0. The van der Waals surface area contributed by atoms with Gasteiger partial charge in [0, 0.05) is 35.8 Å². The topological polar surface area (TPSA) is 25.8 Å². The molecule has 0 saturated heterocycles. The molecule has 6 rings (SSSR count). The van der Waals surface area contributed by atoms with Crippen molar-refractivity contribution in [2.45, 2.75) is 0 Å². The molecule has 27 heavy (non-hydrogen) atoms. The number of hydrogen-bond donors (Lipinski definition) is 0. The van der Waals surface area contributed by atoms with Crippen molar-refractivity contribution in [3.8, 4) is 11.3 Å². The SMILES string of the molecule is Clc1nc(-c2cccc3c2sc2ccccc23)c2sc3ccccc3c2n1. The summed E-state index contributed by atoms with van der Waals surface area (Å²) in [4.78, 5) is 9.20. The molecule has 6 aromatic rings. The lowest BCUT2D eigenvalue weighted by molar-refractivity contribution is 1.24. The second-order valence-corrected chi connectivity index (χ2v) is 8.84. The van der Waals surface area contributed by atoms with E-state index in [0.717, 1.165) is 26.9 Å². The maximum Gasteiger partial charge on any atom is 0.223 e. The highest BCUT2D eigenvalue weighted by Gasteiger charge is 2.18. The van der Waals surface area contributed by atoms with Gasteiger partial charge in [-0.25, -0.2) is 9.97 Å². The number of benzene rings is 3. The van der Waals surface area contributed by atoms with E-state index in [0.29, 0.717) is 5.28 Å². The lowest BCUT2D eigenvalue weighted by Gasteiger charge is -2.05. The quantitative estimate of drug-likeness (QED) is 0.265. The molecule has 0 unspecified atom stereocenters. The molecule has 128 valence electrons. The van der Waals surface area contributed by atoms with E-state index in [-0.39, 0.29) is 0 Å². The number of aromatic nitrogens is 2. The maximum atomic E-state index is 6.35. The van der Waals surface area contributed by atoms with Crippen LogP contribution in [0.15, 0.2) is 66.7 Å². The van der Waals surface area contributed by atoms with Crippen LogP contribution in [0.1, 0.15) is 0 Å². The second kappa shape index (κ2) is 5.73. The van der Waals surface area contributed by atoms with Crippen molar-refractivity contribution < 1.29 is 0 Å². The Morgan fingerprint density at radius 3 is 2.15 bits per heavy atom. The molecule has 3 heterocycles. The molecule has 0 atom stereocenters. The van der Waals surface area contributed by atoms with Gasteiger partial charge in [-0.3, -0.25) is 0 Å². The molecule has 5 heteroatoms. The van der Waals surface area contributed by atoms with Crippen LogP contribution in [0.2, 0.25) is 5.28 Å². The fourth-order valence-electron chi connectivity index (χ4n) is 3.68. The first-order valence-electron chi connectivity index (χ1n) is 8.55. The van der Waals surface area contributed by atoms with Crippen molar-refractivity contribution in [3.63, 3.8) is 0 Å². The number of rotatable bonds is 1. The Kier molecular flexibility index (Phi) is 3.29. The van der Waals surface area contributed by atoms with Crippen molar-refractivity contribution in [2.75, 3.05) is 0 Å². The Balaban J connectivity index is 1.78. The van der Waals surface area contributed by atoms with E-state index < -0.39 is 0 Å². The third kappa shape index (κ3) is 2.24. The fourth-order valence-corrected chi connectivity index (χ4v) is 6.21. The average Bonchev–Trinajstić information content (AvgIpc) is 3.26. The van der Waals surface area contributed by atoms with Crippen molar-refractivity contribution in [2.24, 2.45) is 0 Å². The lowest BCUT2D eigenvalue weighted by Crippen LogP contribution is -1.89. The molecular formula is C22H11ClN2S2. The predicted molar refractivity (Wildman–Crippen MR) is 118 cm³/mol. The van der Waals surface area contributed by atoms with E-state index in [9.17, 15) is 0 Å². The molecule has 3 aromatic carbocycles. The van der Waals surface area contributed by atoms with E-state index in [1.54, 1.807) is 22.7 Å². The Morgan fingerprint density at radius 1 is 0.630 bits per heavy atom. The average molecular weight is 403 g/mol. The molecule has 3 aromatic heterocycles. The van der Waals surface area contributed by atoms with E-state index in [2.05, 4.69) is 70.6 Å². The number of halogens is 1. The molecule has 2 nitrogen and oxygen atoms in total. The Bertz CT molecular complexity index is 1500. The van der Waals surface area contributed by atoms with E-state index >= 15 is 0 Å². The summed E-state index contributed by atoms with van der Waals surface area (Å²) in [6.07, 6.45) is 0.